The number of hydrogen-bond donors (Lipinski definition) is 1. The van der Waals surface area contributed by atoms with Gasteiger partial charge in [-0.1, -0.05) is 37.3 Å². The van der Waals surface area contributed by atoms with E-state index in [1.807, 2.05) is 54.3 Å². The molecule has 1 aromatic carbocycles. The maximum atomic E-state index is 10.4. The second-order valence-electron chi connectivity index (χ2n) is 4.33. The van der Waals surface area contributed by atoms with Crippen molar-refractivity contribution in [1.29, 1.82) is 0 Å². The standard InChI is InChI=1S/C14H18N2O/c1-3-13(16-10-11(2)9-15-16)14(17)12-7-5-4-6-8-12/h4-10,13-14,17H,3H2,1-2H3. The van der Waals surface area contributed by atoms with E-state index in [0.717, 1.165) is 17.5 Å². The zero-order valence-electron chi connectivity index (χ0n) is 10.2. The Morgan fingerprint density at radius 3 is 2.53 bits per heavy atom. The Kier molecular flexibility index (Phi) is 3.59. The molecule has 3 nitrogen and oxygen atoms in total. The third kappa shape index (κ3) is 2.56. The van der Waals surface area contributed by atoms with Crippen molar-refractivity contribution in [2.24, 2.45) is 0 Å². The molecule has 17 heavy (non-hydrogen) atoms. The normalized spacial score (nSPS) is 14.5. The molecule has 1 aromatic heterocycles. The van der Waals surface area contributed by atoms with Crippen LogP contribution in [0.25, 0.3) is 0 Å². The molecule has 0 saturated heterocycles. The van der Waals surface area contributed by atoms with Gasteiger partial charge >= 0.3 is 0 Å². The summed E-state index contributed by atoms with van der Waals surface area (Å²) in [5.74, 6) is 0. The average molecular weight is 230 g/mol. The molecule has 0 bridgehead atoms. The fourth-order valence-corrected chi connectivity index (χ4v) is 2.04. The van der Waals surface area contributed by atoms with Crippen molar-refractivity contribution in [1.82, 2.24) is 9.78 Å². The lowest BCUT2D eigenvalue weighted by Crippen LogP contribution is -2.17. The van der Waals surface area contributed by atoms with Crippen molar-refractivity contribution in [3.05, 3.63) is 53.9 Å². The first kappa shape index (κ1) is 11.9. The molecule has 0 aliphatic heterocycles. The highest BCUT2D eigenvalue weighted by Crippen LogP contribution is 2.28. The molecule has 0 amide bonds. The van der Waals surface area contributed by atoms with Gasteiger partial charge in [0.2, 0.25) is 0 Å². The van der Waals surface area contributed by atoms with Gasteiger partial charge in [0.15, 0.2) is 0 Å². The first-order chi connectivity index (χ1) is 8.22. The second kappa shape index (κ2) is 5.15. The summed E-state index contributed by atoms with van der Waals surface area (Å²) >= 11 is 0. The molecule has 0 aliphatic carbocycles. The van der Waals surface area contributed by atoms with Crippen LogP contribution in [0.4, 0.5) is 0 Å². The minimum atomic E-state index is -0.513. The molecule has 0 spiro atoms. The lowest BCUT2D eigenvalue weighted by Gasteiger charge is -2.22. The number of benzene rings is 1. The SMILES string of the molecule is CCC(C(O)c1ccccc1)n1cc(C)cn1. The van der Waals surface area contributed by atoms with Crippen molar-refractivity contribution in [3.63, 3.8) is 0 Å². The number of aromatic nitrogens is 2. The van der Waals surface area contributed by atoms with E-state index < -0.39 is 6.10 Å². The summed E-state index contributed by atoms with van der Waals surface area (Å²) in [7, 11) is 0. The van der Waals surface area contributed by atoms with Crippen LogP contribution in [0.15, 0.2) is 42.7 Å². The minimum absolute atomic E-state index is 0.00824. The van der Waals surface area contributed by atoms with Gasteiger partial charge < -0.3 is 5.11 Å². The van der Waals surface area contributed by atoms with Crippen LogP contribution in [0.3, 0.4) is 0 Å². The molecule has 0 radical (unpaired) electrons. The van der Waals surface area contributed by atoms with Gasteiger partial charge in [-0.25, -0.2) is 0 Å². The van der Waals surface area contributed by atoms with Gasteiger partial charge in [-0.2, -0.15) is 5.10 Å². The highest BCUT2D eigenvalue weighted by molar-refractivity contribution is 5.18. The topological polar surface area (TPSA) is 38.0 Å². The molecule has 0 aliphatic rings. The summed E-state index contributed by atoms with van der Waals surface area (Å²) in [5, 5.41) is 14.7. The van der Waals surface area contributed by atoms with Crippen LogP contribution in [0.5, 0.6) is 0 Å². The lowest BCUT2D eigenvalue weighted by atomic mass is 10.0. The minimum Gasteiger partial charge on any atom is -0.386 e. The summed E-state index contributed by atoms with van der Waals surface area (Å²) in [4.78, 5) is 0. The van der Waals surface area contributed by atoms with Crippen molar-refractivity contribution in [2.45, 2.75) is 32.4 Å². The average Bonchev–Trinajstić information content (AvgIpc) is 2.78. The van der Waals surface area contributed by atoms with Crippen molar-refractivity contribution >= 4 is 0 Å². The highest BCUT2D eigenvalue weighted by Gasteiger charge is 2.21. The molecule has 0 saturated carbocycles. The molecule has 0 fully saturated rings. The third-order valence-electron chi connectivity index (χ3n) is 2.99. The zero-order chi connectivity index (χ0) is 12.3. The number of aryl methyl sites for hydroxylation is 1. The molecule has 2 unspecified atom stereocenters. The maximum Gasteiger partial charge on any atom is 0.101 e. The number of rotatable bonds is 4. The molecule has 1 heterocycles. The Hall–Kier alpha value is -1.61. The van der Waals surface area contributed by atoms with Gasteiger partial charge in [-0.3, -0.25) is 4.68 Å². The van der Waals surface area contributed by atoms with Crippen molar-refractivity contribution < 1.29 is 5.11 Å². The quantitative estimate of drug-likeness (QED) is 0.877. The van der Waals surface area contributed by atoms with E-state index in [0.29, 0.717) is 0 Å². The predicted molar refractivity (Wildman–Crippen MR) is 67.7 cm³/mol. The predicted octanol–water partition coefficient (Wildman–Crippen LogP) is 2.88. The molecule has 90 valence electrons. The molecular formula is C14H18N2O. The Balaban J connectivity index is 2.25. The smallest absolute Gasteiger partial charge is 0.101 e. The van der Waals surface area contributed by atoms with E-state index in [9.17, 15) is 5.11 Å². The number of aliphatic hydroxyl groups excluding tert-OH is 1. The van der Waals surface area contributed by atoms with Gasteiger partial charge in [0.1, 0.15) is 6.10 Å². The van der Waals surface area contributed by atoms with E-state index in [-0.39, 0.29) is 6.04 Å². The van der Waals surface area contributed by atoms with Gasteiger partial charge in [0, 0.05) is 6.20 Å². The summed E-state index contributed by atoms with van der Waals surface area (Å²) in [6.07, 6.45) is 4.12. The fraction of sp³-hybridized carbons (Fsp3) is 0.357. The van der Waals surface area contributed by atoms with Crippen LogP contribution in [-0.4, -0.2) is 14.9 Å². The van der Waals surface area contributed by atoms with Crippen LogP contribution in [0, 0.1) is 6.92 Å². The Bertz CT molecular complexity index is 464. The molecule has 2 rings (SSSR count). The number of aliphatic hydroxyl groups is 1. The monoisotopic (exact) mass is 230 g/mol. The third-order valence-corrected chi connectivity index (χ3v) is 2.99. The Morgan fingerprint density at radius 1 is 1.29 bits per heavy atom. The van der Waals surface area contributed by atoms with Crippen LogP contribution >= 0.6 is 0 Å². The fourth-order valence-electron chi connectivity index (χ4n) is 2.04. The molecular weight excluding hydrogens is 212 g/mol. The van der Waals surface area contributed by atoms with E-state index in [1.54, 1.807) is 0 Å². The van der Waals surface area contributed by atoms with Gasteiger partial charge in [0.05, 0.1) is 12.2 Å². The first-order valence-electron chi connectivity index (χ1n) is 5.96. The lowest BCUT2D eigenvalue weighted by molar-refractivity contribution is 0.104. The summed E-state index contributed by atoms with van der Waals surface area (Å²) < 4.78 is 1.85. The van der Waals surface area contributed by atoms with Gasteiger partial charge in [0.25, 0.3) is 0 Å². The summed E-state index contributed by atoms with van der Waals surface area (Å²) in [5.41, 5.74) is 2.05. The largest absolute Gasteiger partial charge is 0.386 e. The summed E-state index contributed by atoms with van der Waals surface area (Å²) in [6, 6.07) is 9.73. The maximum absolute atomic E-state index is 10.4. The van der Waals surface area contributed by atoms with Crippen LogP contribution < -0.4 is 0 Å². The summed E-state index contributed by atoms with van der Waals surface area (Å²) in [6.45, 7) is 4.07. The van der Waals surface area contributed by atoms with E-state index in [1.165, 1.54) is 0 Å². The molecule has 1 N–H and O–H groups in total. The first-order valence-corrected chi connectivity index (χ1v) is 5.96. The number of nitrogens with zero attached hydrogens (tertiary/aromatic N) is 2. The molecule has 3 heteroatoms. The van der Waals surface area contributed by atoms with Crippen LogP contribution in [-0.2, 0) is 0 Å². The Morgan fingerprint density at radius 2 is 2.00 bits per heavy atom. The van der Waals surface area contributed by atoms with Crippen LogP contribution in [0.1, 0.15) is 36.6 Å². The van der Waals surface area contributed by atoms with Crippen molar-refractivity contribution in [3.8, 4) is 0 Å². The van der Waals surface area contributed by atoms with E-state index in [2.05, 4.69) is 12.0 Å². The van der Waals surface area contributed by atoms with Crippen LogP contribution in [0.2, 0.25) is 0 Å². The van der Waals surface area contributed by atoms with E-state index >= 15 is 0 Å². The Labute approximate surface area is 102 Å². The molecule has 2 atom stereocenters. The second-order valence-corrected chi connectivity index (χ2v) is 4.33. The van der Waals surface area contributed by atoms with E-state index in [4.69, 9.17) is 0 Å². The highest BCUT2D eigenvalue weighted by atomic mass is 16.3. The number of hydrogen-bond acceptors (Lipinski definition) is 2. The molecule has 2 aromatic rings. The van der Waals surface area contributed by atoms with Crippen molar-refractivity contribution in [2.75, 3.05) is 0 Å². The zero-order valence-corrected chi connectivity index (χ0v) is 10.2. The van der Waals surface area contributed by atoms with Gasteiger partial charge in [-0.15, -0.1) is 0 Å². The van der Waals surface area contributed by atoms with Gasteiger partial charge in [-0.05, 0) is 24.5 Å².